The lowest BCUT2D eigenvalue weighted by Gasteiger charge is -2.05. The Hall–Kier alpha value is -2.66. The van der Waals surface area contributed by atoms with Gasteiger partial charge in [0.1, 0.15) is 6.42 Å². The highest BCUT2D eigenvalue weighted by atomic mass is 35.5. The van der Waals surface area contributed by atoms with E-state index in [-0.39, 0.29) is 6.42 Å². The fourth-order valence-electron chi connectivity index (χ4n) is 2.10. The summed E-state index contributed by atoms with van der Waals surface area (Å²) in [6.07, 6.45) is 1.22. The Bertz CT molecular complexity index is 770. The molecule has 2 aromatic carbocycles. The van der Waals surface area contributed by atoms with E-state index >= 15 is 0 Å². The van der Waals surface area contributed by atoms with Crippen LogP contribution >= 0.6 is 11.6 Å². The van der Waals surface area contributed by atoms with Crippen LogP contribution in [0.15, 0.2) is 53.6 Å². The lowest BCUT2D eigenvalue weighted by Crippen LogP contribution is -2.24. The molecule has 6 heteroatoms. The van der Waals surface area contributed by atoms with Crippen molar-refractivity contribution in [1.82, 2.24) is 5.43 Å². The van der Waals surface area contributed by atoms with Crippen LogP contribution in [0.3, 0.4) is 0 Å². The molecule has 0 radical (unpaired) electrons. The van der Waals surface area contributed by atoms with Gasteiger partial charge in [0.25, 0.3) is 0 Å². The molecule has 0 fully saturated rings. The lowest BCUT2D eigenvalue weighted by atomic mass is 10.0. The Labute approximate surface area is 152 Å². The van der Waals surface area contributed by atoms with E-state index in [2.05, 4.69) is 29.7 Å². The van der Waals surface area contributed by atoms with Gasteiger partial charge in [0.2, 0.25) is 11.8 Å². The van der Waals surface area contributed by atoms with Crippen LogP contribution in [-0.2, 0) is 9.59 Å². The number of carbonyl (C=O) groups excluding carboxylic acids is 2. The number of amides is 2. The van der Waals surface area contributed by atoms with Crippen molar-refractivity contribution in [1.29, 1.82) is 0 Å². The highest BCUT2D eigenvalue weighted by Crippen LogP contribution is 2.15. The van der Waals surface area contributed by atoms with Gasteiger partial charge in [-0.2, -0.15) is 5.10 Å². The van der Waals surface area contributed by atoms with Crippen molar-refractivity contribution in [3.05, 3.63) is 64.7 Å². The third-order valence-electron chi connectivity index (χ3n) is 3.44. The molecule has 0 aliphatic carbocycles. The predicted molar refractivity (Wildman–Crippen MR) is 101 cm³/mol. The molecule has 130 valence electrons. The molecule has 5 nitrogen and oxygen atoms in total. The summed E-state index contributed by atoms with van der Waals surface area (Å²) in [4.78, 5) is 23.5. The van der Waals surface area contributed by atoms with Crippen LogP contribution in [-0.4, -0.2) is 18.0 Å². The molecule has 0 atom stereocenters. The summed E-state index contributed by atoms with van der Waals surface area (Å²) in [7, 11) is 0. The minimum atomic E-state index is -0.491. The Balaban J connectivity index is 1.80. The SMILES string of the molecule is CC(C)c1ccc(C=NNC(=O)CC(=O)Nc2cccc(Cl)c2)cc1. The number of hydrazone groups is 1. The highest BCUT2D eigenvalue weighted by Gasteiger charge is 2.09. The van der Waals surface area contributed by atoms with Crippen molar-refractivity contribution in [2.45, 2.75) is 26.2 Å². The van der Waals surface area contributed by atoms with Crippen LogP contribution in [0.1, 0.15) is 37.3 Å². The fourth-order valence-corrected chi connectivity index (χ4v) is 2.29. The molecule has 0 aliphatic heterocycles. The summed E-state index contributed by atoms with van der Waals surface area (Å²) in [5, 5.41) is 6.98. The van der Waals surface area contributed by atoms with E-state index in [0.717, 1.165) is 5.56 Å². The van der Waals surface area contributed by atoms with Crippen LogP contribution in [0, 0.1) is 0 Å². The lowest BCUT2D eigenvalue weighted by molar-refractivity contribution is -0.126. The van der Waals surface area contributed by atoms with Crippen molar-refractivity contribution in [3.8, 4) is 0 Å². The topological polar surface area (TPSA) is 70.6 Å². The van der Waals surface area contributed by atoms with Gasteiger partial charge in [0.05, 0.1) is 6.21 Å². The summed E-state index contributed by atoms with van der Waals surface area (Å²) in [5.74, 6) is -0.463. The first-order chi connectivity index (χ1) is 11.9. The van der Waals surface area contributed by atoms with E-state index in [4.69, 9.17) is 11.6 Å². The Morgan fingerprint density at radius 3 is 2.48 bits per heavy atom. The van der Waals surface area contributed by atoms with Crippen molar-refractivity contribution >= 4 is 35.3 Å². The number of halogens is 1. The van der Waals surface area contributed by atoms with E-state index in [0.29, 0.717) is 16.6 Å². The van der Waals surface area contributed by atoms with E-state index < -0.39 is 11.8 Å². The van der Waals surface area contributed by atoms with Gasteiger partial charge in [-0.25, -0.2) is 5.43 Å². The zero-order chi connectivity index (χ0) is 18.2. The van der Waals surface area contributed by atoms with E-state index in [9.17, 15) is 9.59 Å². The van der Waals surface area contributed by atoms with Gasteiger partial charge in [-0.05, 0) is 35.2 Å². The van der Waals surface area contributed by atoms with Crippen LogP contribution in [0.4, 0.5) is 5.69 Å². The number of carbonyl (C=O) groups is 2. The van der Waals surface area contributed by atoms with Crippen molar-refractivity contribution in [3.63, 3.8) is 0 Å². The average molecular weight is 358 g/mol. The first kappa shape index (κ1) is 18.7. The van der Waals surface area contributed by atoms with Gasteiger partial charge in [0, 0.05) is 10.7 Å². The van der Waals surface area contributed by atoms with Crippen LogP contribution in [0.5, 0.6) is 0 Å². The molecule has 0 unspecified atom stereocenters. The molecule has 0 heterocycles. The monoisotopic (exact) mass is 357 g/mol. The van der Waals surface area contributed by atoms with Gasteiger partial charge >= 0.3 is 0 Å². The second kappa shape index (κ2) is 8.99. The maximum absolute atomic E-state index is 11.8. The van der Waals surface area contributed by atoms with E-state index in [1.807, 2.05) is 24.3 Å². The number of hydrogen-bond acceptors (Lipinski definition) is 3. The normalized spacial score (nSPS) is 10.9. The third-order valence-corrected chi connectivity index (χ3v) is 3.67. The number of hydrogen-bond donors (Lipinski definition) is 2. The molecule has 0 aliphatic rings. The van der Waals surface area contributed by atoms with Gasteiger partial charge in [-0.15, -0.1) is 0 Å². The molecular weight excluding hydrogens is 338 g/mol. The van der Waals surface area contributed by atoms with E-state index in [1.54, 1.807) is 24.3 Å². The zero-order valence-corrected chi connectivity index (χ0v) is 14.9. The summed E-state index contributed by atoms with van der Waals surface area (Å²) >= 11 is 5.84. The second-order valence-electron chi connectivity index (χ2n) is 5.85. The van der Waals surface area contributed by atoms with Gasteiger partial charge in [0.15, 0.2) is 0 Å². The molecule has 0 spiro atoms. The molecule has 0 saturated heterocycles. The number of nitrogens with one attached hydrogen (secondary N) is 2. The standard InChI is InChI=1S/C19H20ClN3O2/c1-13(2)15-8-6-14(7-9-15)12-21-23-19(25)11-18(24)22-17-5-3-4-16(20)10-17/h3-10,12-13H,11H2,1-2H3,(H,22,24)(H,23,25). The quantitative estimate of drug-likeness (QED) is 0.467. The molecule has 2 rings (SSSR count). The Kier molecular flexibility index (Phi) is 6.71. The van der Waals surface area contributed by atoms with Gasteiger partial charge in [-0.3, -0.25) is 9.59 Å². The van der Waals surface area contributed by atoms with Crippen molar-refractivity contribution < 1.29 is 9.59 Å². The molecule has 0 aromatic heterocycles. The van der Waals surface area contributed by atoms with Crippen molar-refractivity contribution in [2.24, 2.45) is 5.10 Å². The second-order valence-corrected chi connectivity index (χ2v) is 6.29. The Morgan fingerprint density at radius 2 is 1.84 bits per heavy atom. The molecule has 25 heavy (non-hydrogen) atoms. The molecule has 0 bridgehead atoms. The molecule has 2 amide bonds. The maximum atomic E-state index is 11.8. The summed E-state index contributed by atoms with van der Waals surface area (Å²) in [5.41, 5.74) is 4.98. The molecule has 2 N–H and O–H groups in total. The average Bonchev–Trinajstić information content (AvgIpc) is 2.55. The van der Waals surface area contributed by atoms with E-state index in [1.165, 1.54) is 11.8 Å². The highest BCUT2D eigenvalue weighted by molar-refractivity contribution is 6.30. The number of benzene rings is 2. The van der Waals surface area contributed by atoms with Crippen LogP contribution < -0.4 is 10.7 Å². The minimum absolute atomic E-state index is 0.323. The number of anilines is 1. The summed E-state index contributed by atoms with van der Waals surface area (Å²) < 4.78 is 0. The van der Waals surface area contributed by atoms with Crippen LogP contribution in [0.2, 0.25) is 5.02 Å². The first-order valence-electron chi connectivity index (χ1n) is 7.91. The van der Waals surface area contributed by atoms with Crippen molar-refractivity contribution in [2.75, 3.05) is 5.32 Å². The first-order valence-corrected chi connectivity index (χ1v) is 8.29. The maximum Gasteiger partial charge on any atom is 0.249 e. The summed E-state index contributed by atoms with van der Waals surface area (Å²) in [6.45, 7) is 4.25. The number of nitrogens with zero attached hydrogens (tertiary/aromatic N) is 1. The minimum Gasteiger partial charge on any atom is -0.326 e. The molecular formula is C19H20ClN3O2. The number of rotatable bonds is 6. The largest absolute Gasteiger partial charge is 0.326 e. The fraction of sp³-hybridized carbons (Fsp3) is 0.211. The van der Waals surface area contributed by atoms with Gasteiger partial charge in [-0.1, -0.05) is 55.8 Å². The predicted octanol–water partition coefficient (Wildman–Crippen LogP) is 3.94. The smallest absolute Gasteiger partial charge is 0.249 e. The van der Waals surface area contributed by atoms with Gasteiger partial charge < -0.3 is 5.32 Å². The molecule has 0 saturated carbocycles. The van der Waals surface area contributed by atoms with Crippen LogP contribution in [0.25, 0.3) is 0 Å². The molecule has 2 aromatic rings. The third kappa shape index (κ3) is 6.39. The summed E-state index contributed by atoms with van der Waals surface area (Å²) in [6, 6.07) is 14.6. The zero-order valence-electron chi connectivity index (χ0n) is 14.1. The Morgan fingerprint density at radius 1 is 1.12 bits per heavy atom.